The van der Waals surface area contributed by atoms with Crippen molar-refractivity contribution in [3.8, 4) is 5.75 Å². The molecule has 1 heterocycles. The first-order valence-electron chi connectivity index (χ1n) is 9.43. The molecular formula is C19H32N4O3S. The number of ether oxygens (including phenoxy) is 1. The summed E-state index contributed by atoms with van der Waals surface area (Å²) >= 11 is 0. The van der Waals surface area contributed by atoms with E-state index in [0.717, 1.165) is 18.8 Å². The smallest absolute Gasteiger partial charge is 0.191 e. The van der Waals surface area contributed by atoms with Crippen molar-refractivity contribution in [1.29, 1.82) is 0 Å². The minimum Gasteiger partial charge on any atom is -0.497 e. The van der Waals surface area contributed by atoms with Crippen molar-refractivity contribution in [1.82, 2.24) is 15.5 Å². The zero-order chi connectivity index (χ0) is 19.7. The molecule has 1 aromatic carbocycles. The van der Waals surface area contributed by atoms with E-state index < -0.39 is 9.84 Å². The molecule has 1 atom stereocenters. The molecule has 0 aromatic heterocycles. The van der Waals surface area contributed by atoms with Gasteiger partial charge in [0.25, 0.3) is 0 Å². The van der Waals surface area contributed by atoms with Crippen molar-refractivity contribution in [2.24, 2.45) is 4.99 Å². The van der Waals surface area contributed by atoms with Gasteiger partial charge in [0.1, 0.15) is 15.6 Å². The average molecular weight is 397 g/mol. The molecule has 2 rings (SSSR count). The Balaban J connectivity index is 2.02. The third kappa shape index (κ3) is 7.38. The Hall–Kier alpha value is -1.80. The zero-order valence-corrected chi connectivity index (χ0v) is 17.4. The van der Waals surface area contributed by atoms with Gasteiger partial charge in [0, 0.05) is 26.4 Å². The highest BCUT2D eigenvalue weighted by molar-refractivity contribution is 7.90. The van der Waals surface area contributed by atoms with Crippen molar-refractivity contribution in [3.63, 3.8) is 0 Å². The van der Waals surface area contributed by atoms with Crippen molar-refractivity contribution >= 4 is 15.8 Å². The first-order valence-corrected chi connectivity index (χ1v) is 11.5. The fourth-order valence-corrected chi connectivity index (χ4v) is 3.76. The normalized spacial score (nSPS) is 17.4. The molecule has 1 unspecified atom stereocenters. The lowest BCUT2D eigenvalue weighted by atomic mass is 10.0. The quantitative estimate of drug-likeness (QED) is 0.511. The predicted octanol–water partition coefficient (Wildman–Crippen LogP) is 1.43. The maximum absolute atomic E-state index is 11.3. The summed E-state index contributed by atoms with van der Waals surface area (Å²) in [5.74, 6) is 1.55. The number of benzene rings is 1. The molecule has 0 spiro atoms. The number of methoxy groups -OCH3 is 1. The van der Waals surface area contributed by atoms with E-state index in [4.69, 9.17) is 4.74 Å². The average Bonchev–Trinajstić information content (AvgIpc) is 2.67. The number of nitrogens with one attached hydrogen (secondary N) is 2. The molecule has 152 valence electrons. The molecule has 1 saturated heterocycles. The van der Waals surface area contributed by atoms with E-state index in [1.54, 1.807) is 14.2 Å². The highest BCUT2D eigenvalue weighted by Crippen LogP contribution is 2.25. The number of hydrogen-bond donors (Lipinski definition) is 2. The van der Waals surface area contributed by atoms with Gasteiger partial charge in [0.05, 0.1) is 18.9 Å². The number of sulfone groups is 1. The van der Waals surface area contributed by atoms with Gasteiger partial charge < -0.3 is 15.4 Å². The van der Waals surface area contributed by atoms with E-state index in [9.17, 15) is 8.42 Å². The maximum Gasteiger partial charge on any atom is 0.191 e. The van der Waals surface area contributed by atoms with E-state index in [-0.39, 0.29) is 11.8 Å². The Labute approximate surface area is 163 Å². The van der Waals surface area contributed by atoms with E-state index in [0.29, 0.717) is 19.0 Å². The van der Waals surface area contributed by atoms with Gasteiger partial charge in [-0.05, 0) is 43.6 Å². The Morgan fingerprint density at radius 2 is 1.85 bits per heavy atom. The van der Waals surface area contributed by atoms with Crippen LogP contribution in [0.15, 0.2) is 29.3 Å². The van der Waals surface area contributed by atoms with Crippen LogP contribution in [0.4, 0.5) is 0 Å². The number of guanidine groups is 1. The van der Waals surface area contributed by atoms with Crippen LogP contribution in [-0.2, 0) is 9.84 Å². The van der Waals surface area contributed by atoms with Crippen LogP contribution >= 0.6 is 0 Å². The van der Waals surface area contributed by atoms with Crippen LogP contribution in [0.3, 0.4) is 0 Å². The fraction of sp³-hybridized carbons (Fsp3) is 0.632. The summed E-state index contributed by atoms with van der Waals surface area (Å²) in [6.07, 6.45) is 4.96. The Kier molecular flexibility index (Phi) is 8.37. The zero-order valence-electron chi connectivity index (χ0n) is 16.6. The summed E-state index contributed by atoms with van der Waals surface area (Å²) in [6.45, 7) is 3.21. The van der Waals surface area contributed by atoms with Crippen LogP contribution in [0.25, 0.3) is 0 Å². The van der Waals surface area contributed by atoms with Crippen LogP contribution in [0, 0.1) is 0 Å². The summed E-state index contributed by atoms with van der Waals surface area (Å²) < 4.78 is 27.9. The van der Waals surface area contributed by atoms with Crippen LogP contribution in [0.5, 0.6) is 5.75 Å². The Morgan fingerprint density at radius 1 is 1.19 bits per heavy atom. The Morgan fingerprint density at radius 3 is 2.41 bits per heavy atom. The van der Waals surface area contributed by atoms with E-state index in [2.05, 4.69) is 32.7 Å². The topological polar surface area (TPSA) is 83.0 Å². The van der Waals surface area contributed by atoms with Crippen molar-refractivity contribution < 1.29 is 13.2 Å². The van der Waals surface area contributed by atoms with Gasteiger partial charge >= 0.3 is 0 Å². The molecule has 0 radical (unpaired) electrons. The summed E-state index contributed by atoms with van der Waals surface area (Å²) in [5.41, 5.74) is 1.23. The number of nitrogens with zero attached hydrogens (tertiary/aromatic N) is 2. The molecule has 27 heavy (non-hydrogen) atoms. The summed E-state index contributed by atoms with van der Waals surface area (Å²) in [7, 11) is 0.374. The van der Waals surface area contributed by atoms with Crippen LogP contribution < -0.4 is 15.4 Å². The molecule has 0 amide bonds. The van der Waals surface area contributed by atoms with Crippen molar-refractivity contribution in [3.05, 3.63) is 29.8 Å². The molecule has 0 saturated carbocycles. The van der Waals surface area contributed by atoms with Gasteiger partial charge in [-0.25, -0.2) is 8.42 Å². The molecule has 0 bridgehead atoms. The SMILES string of the molecule is CN=C(NCCS(C)(=O)=O)NCC(c1ccc(OC)cc1)N1CCCCC1. The van der Waals surface area contributed by atoms with Gasteiger partial charge in [-0.2, -0.15) is 0 Å². The predicted molar refractivity (Wildman–Crippen MR) is 110 cm³/mol. The summed E-state index contributed by atoms with van der Waals surface area (Å²) in [5, 5.41) is 6.43. The van der Waals surface area contributed by atoms with Gasteiger partial charge in [-0.15, -0.1) is 0 Å². The van der Waals surface area contributed by atoms with E-state index in [1.165, 1.54) is 31.1 Å². The lowest BCUT2D eigenvalue weighted by Gasteiger charge is -2.35. The van der Waals surface area contributed by atoms with Crippen LogP contribution in [0.2, 0.25) is 0 Å². The first kappa shape index (κ1) is 21.5. The molecule has 0 aliphatic carbocycles. The van der Waals surface area contributed by atoms with Crippen LogP contribution in [-0.4, -0.2) is 71.6 Å². The second kappa shape index (κ2) is 10.5. The molecule has 8 heteroatoms. The molecule has 2 N–H and O–H groups in total. The summed E-state index contributed by atoms with van der Waals surface area (Å²) in [6, 6.07) is 8.43. The highest BCUT2D eigenvalue weighted by atomic mass is 32.2. The minimum absolute atomic E-state index is 0.0851. The van der Waals surface area contributed by atoms with Crippen molar-refractivity contribution in [2.45, 2.75) is 25.3 Å². The fourth-order valence-electron chi connectivity index (χ4n) is 3.28. The van der Waals surface area contributed by atoms with Gasteiger partial charge in [-0.3, -0.25) is 9.89 Å². The van der Waals surface area contributed by atoms with Crippen molar-refractivity contribution in [2.75, 3.05) is 52.3 Å². The number of rotatable bonds is 8. The van der Waals surface area contributed by atoms with Crippen LogP contribution in [0.1, 0.15) is 30.9 Å². The first-order chi connectivity index (χ1) is 12.9. The molecule has 1 fully saturated rings. The van der Waals surface area contributed by atoms with Gasteiger partial charge in [-0.1, -0.05) is 18.6 Å². The molecule has 1 aromatic rings. The monoisotopic (exact) mass is 396 g/mol. The van der Waals surface area contributed by atoms with E-state index in [1.807, 2.05) is 12.1 Å². The minimum atomic E-state index is -2.99. The van der Waals surface area contributed by atoms with Gasteiger partial charge in [0.2, 0.25) is 0 Å². The second-order valence-electron chi connectivity index (χ2n) is 6.90. The molecular weight excluding hydrogens is 364 g/mol. The maximum atomic E-state index is 11.3. The highest BCUT2D eigenvalue weighted by Gasteiger charge is 2.22. The van der Waals surface area contributed by atoms with E-state index >= 15 is 0 Å². The molecule has 1 aliphatic heterocycles. The molecule has 7 nitrogen and oxygen atoms in total. The largest absolute Gasteiger partial charge is 0.497 e. The number of piperidine rings is 1. The Bertz CT molecular complexity index is 698. The molecule has 1 aliphatic rings. The number of likely N-dealkylation sites (tertiary alicyclic amines) is 1. The third-order valence-corrected chi connectivity index (χ3v) is 5.73. The number of hydrogen-bond acceptors (Lipinski definition) is 5. The second-order valence-corrected chi connectivity index (χ2v) is 9.16. The van der Waals surface area contributed by atoms with Gasteiger partial charge in [0.15, 0.2) is 5.96 Å². The lowest BCUT2D eigenvalue weighted by molar-refractivity contribution is 0.164. The number of aliphatic imine (C=N–C) groups is 1. The third-order valence-electron chi connectivity index (χ3n) is 4.78. The summed E-state index contributed by atoms with van der Waals surface area (Å²) in [4.78, 5) is 6.71. The lowest BCUT2D eigenvalue weighted by Crippen LogP contribution is -2.45. The standard InChI is InChI=1S/C19H32N4O3S/c1-20-19(21-11-14-27(3,24)25)22-15-18(23-12-5-4-6-13-23)16-7-9-17(26-2)10-8-16/h7-10,18H,4-6,11-15H2,1-3H3,(H2,20,21,22).